The summed E-state index contributed by atoms with van der Waals surface area (Å²) >= 11 is 0. The molecule has 37 heavy (non-hydrogen) atoms. The van der Waals surface area contributed by atoms with Crippen molar-refractivity contribution >= 4 is 28.3 Å². The maximum Gasteiger partial charge on any atom is 0.254 e. The number of rotatable bonds is 6. The number of hydrogen-bond acceptors (Lipinski definition) is 8. The number of nitrogens with two attached hydrogens (primary N) is 1. The molecule has 2 N–H and O–H groups in total. The van der Waals surface area contributed by atoms with E-state index in [1.165, 1.54) is 0 Å². The molecule has 1 atom stereocenters. The number of benzene rings is 1. The third-order valence-electron chi connectivity index (χ3n) is 7.35. The summed E-state index contributed by atoms with van der Waals surface area (Å²) in [6.45, 7) is 7.88. The van der Waals surface area contributed by atoms with E-state index in [1.54, 1.807) is 29.4 Å². The topological polar surface area (TPSA) is 110 Å². The van der Waals surface area contributed by atoms with Gasteiger partial charge in [0.1, 0.15) is 11.6 Å². The number of anilines is 2. The van der Waals surface area contributed by atoms with Crippen LogP contribution in [0.3, 0.4) is 0 Å². The second kappa shape index (κ2) is 9.08. The number of nitrogen functional groups attached to an aromatic ring is 1. The SMILES string of the molecule is Cc1cc2cc(C(=O)N(Cc3ccc(N4CC5(COC5)C4)cn3)[C@@H](C)c3ncccn3)ccc2nc1N. The van der Waals surface area contributed by atoms with Crippen LogP contribution in [0, 0.1) is 12.3 Å². The van der Waals surface area contributed by atoms with Crippen molar-refractivity contribution in [2.45, 2.75) is 26.4 Å². The van der Waals surface area contributed by atoms with Crippen LogP contribution in [0.1, 0.15) is 40.4 Å². The molecule has 0 saturated carbocycles. The van der Waals surface area contributed by atoms with E-state index in [0.29, 0.717) is 29.2 Å². The van der Waals surface area contributed by atoms with Gasteiger partial charge in [0.25, 0.3) is 5.91 Å². The van der Waals surface area contributed by atoms with Crippen LogP contribution in [0.25, 0.3) is 10.9 Å². The number of carbonyl (C=O) groups excluding carboxylic acids is 1. The molecule has 2 saturated heterocycles. The van der Waals surface area contributed by atoms with Gasteiger partial charge in [0.15, 0.2) is 0 Å². The van der Waals surface area contributed by atoms with Crippen LogP contribution in [0.15, 0.2) is 61.1 Å². The number of fused-ring (bicyclic) bond motifs is 1. The number of ether oxygens (including phenoxy) is 1. The number of hydrogen-bond donors (Lipinski definition) is 1. The van der Waals surface area contributed by atoms with Crippen molar-refractivity contribution in [1.29, 1.82) is 0 Å². The highest BCUT2D eigenvalue weighted by Crippen LogP contribution is 2.40. The van der Waals surface area contributed by atoms with Crippen LogP contribution < -0.4 is 10.6 Å². The van der Waals surface area contributed by atoms with Crippen molar-refractivity contribution in [1.82, 2.24) is 24.8 Å². The fourth-order valence-electron chi connectivity index (χ4n) is 5.04. The van der Waals surface area contributed by atoms with Gasteiger partial charge in [0.2, 0.25) is 0 Å². The summed E-state index contributed by atoms with van der Waals surface area (Å²) in [4.78, 5) is 35.9. The molecule has 5 heterocycles. The first kappa shape index (κ1) is 23.3. The Labute approximate surface area is 215 Å². The average Bonchev–Trinajstić information content (AvgIpc) is 2.86. The largest absolute Gasteiger partial charge is 0.383 e. The lowest BCUT2D eigenvalue weighted by molar-refractivity contribution is -0.127. The average molecular weight is 496 g/mol. The van der Waals surface area contributed by atoms with Crippen LogP contribution in [-0.4, -0.2) is 57.0 Å². The van der Waals surface area contributed by atoms with Gasteiger partial charge in [-0.1, -0.05) is 0 Å². The van der Waals surface area contributed by atoms with Crippen LogP contribution in [0.2, 0.25) is 0 Å². The Balaban J connectivity index is 1.27. The van der Waals surface area contributed by atoms with Gasteiger partial charge in [-0.15, -0.1) is 0 Å². The van der Waals surface area contributed by atoms with E-state index in [4.69, 9.17) is 15.5 Å². The second-order valence-electron chi connectivity index (χ2n) is 10.2. The van der Waals surface area contributed by atoms with Crippen molar-refractivity contribution < 1.29 is 9.53 Å². The monoisotopic (exact) mass is 495 g/mol. The maximum atomic E-state index is 13.9. The third kappa shape index (κ3) is 4.35. The van der Waals surface area contributed by atoms with Gasteiger partial charge in [0, 0.05) is 36.4 Å². The van der Waals surface area contributed by atoms with Crippen molar-refractivity contribution in [3.05, 3.63) is 83.7 Å². The third-order valence-corrected chi connectivity index (χ3v) is 7.35. The highest BCUT2D eigenvalue weighted by atomic mass is 16.5. The molecule has 9 nitrogen and oxygen atoms in total. The van der Waals surface area contributed by atoms with Gasteiger partial charge < -0.3 is 20.3 Å². The molecule has 0 aliphatic carbocycles. The van der Waals surface area contributed by atoms with E-state index in [1.807, 2.05) is 44.3 Å². The quantitative estimate of drug-likeness (QED) is 0.432. The van der Waals surface area contributed by atoms with Gasteiger partial charge in [0.05, 0.1) is 54.3 Å². The zero-order valence-corrected chi connectivity index (χ0v) is 21.0. The lowest BCUT2D eigenvalue weighted by Crippen LogP contribution is -2.66. The van der Waals surface area contributed by atoms with Gasteiger partial charge >= 0.3 is 0 Å². The number of pyridine rings is 2. The number of nitrogens with zero attached hydrogens (tertiary/aromatic N) is 6. The Bertz CT molecular complexity index is 1450. The molecule has 4 aromatic rings. The Hall–Kier alpha value is -4.11. The number of aromatic nitrogens is 4. The Morgan fingerprint density at radius 3 is 2.59 bits per heavy atom. The minimum Gasteiger partial charge on any atom is -0.383 e. The van der Waals surface area contributed by atoms with E-state index in [0.717, 1.165) is 54.2 Å². The summed E-state index contributed by atoms with van der Waals surface area (Å²) in [6, 6.07) is 12.9. The molecule has 1 spiro atoms. The van der Waals surface area contributed by atoms with Gasteiger partial charge in [-0.2, -0.15) is 0 Å². The summed E-state index contributed by atoms with van der Waals surface area (Å²) in [5, 5.41) is 0.868. The molecule has 0 bridgehead atoms. The van der Waals surface area contributed by atoms with E-state index >= 15 is 0 Å². The molecule has 1 aromatic carbocycles. The summed E-state index contributed by atoms with van der Waals surface area (Å²) in [5.41, 5.74) is 10.4. The molecule has 2 fully saturated rings. The Morgan fingerprint density at radius 1 is 1.14 bits per heavy atom. The summed E-state index contributed by atoms with van der Waals surface area (Å²) < 4.78 is 5.38. The summed E-state index contributed by atoms with van der Waals surface area (Å²) in [7, 11) is 0. The lowest BCUT2D eigenvalue weighted by atomic mass is 9.78. The van der Waals surface area contributed by atoms with Crippen LogP contribution in [-0.2, 0) is 11.3 Å². The van der Waals surface area contributed by atoms with Crippen LogP contribution >= 0.6 is 0 Å². The van der Waals surface area contributed by atoms with Gasteiger partial charge in [-0.05, 0) is 61.9 Å². The first-order valence-electron chi connectivity index (χ1n) is 12.4. The van der Waals surface area contributed by atoms with Crippen molar-refractivity contribution in [2.75, 3.05) is 36.9 Å². The molecule has 2 aliphatic rings. The normalized spacial score (nSPS) is 16.8. The van der Waals surface area contributed by atoms with Gasteiger partial charge in [-0.25, -0.2) is 15.0 Å². The minimum absolute atomic E-state index is 0.128. The number of carbonyl (C=O) groups is 1. The number of aryl methyl sites for hydroxylation is 1. The molecule has 2 aliphatic heterocycles. The van der Waals surface area contributed by atoms with E-state index in [-0.39, 0.29) is 11.9 Å². The molecular formula is C28H29N7O2. The fourth-order valence-corrected chi connectivity index (χ4v) is 5.04. The smallest absolute Gasteiger partial charge is 0.254 e. The predicted octanol–water partition coefficient (Wildman–Crippen LogP) is 3.55. The molecule has 188 valence electrons. The molecule has 6 rings (SSSR count). The van der Waals surface area contributed by atoms with Gasteiger partial charge in [-0.3, -0.25) is 9.78 Å². The van der Waals surface area contributed by atoms with E-state index in [2.05, 4.69) is 25.9 Å². The molecule has 3 aromatic heterocycles. The van der Waals surface area contributed by atoms with Crippen molar-refractivity contribution in [3.8, 4) is 0 Å². The Kier molecular flexibility index (Phi) is 5.72. The molecule has 0 radical (unpaired) electrons. The maximum absolute atomic E-state index is 13.9. The van der Waals surface area contributed by atoms with Crippen molar-refractivity contribution in [3.63, 3.8) is 0 Å². The summed E-state index contributed by atoms with van der Waals surface area (Å²) in [5.74, 6) is 0.941. The predicted molar refractivity (Wildman–Crippen MR) is 141 cm³/mol. The first-order chi connectivity index (χ1) is 17.9. The fraction of sp³-hybridized carbons (Fsp3) is 0.321. The van der Waals surface area contributed by atoms with E-state index < -0.39 is 0 Å². The zero-order valence-electron chi connectivity index (χ0n) is 21.0. The van der Waals surface area contributed by atoms with Crippen LogP contribution in [0.4, 0.5) is 11.5 Å². The molecule has 1 amide bonds. The zero-order chi connectivity index (χ0) is 25.6. The van der Waals surface area contributed by atoms with Crippen LogP contribution in [0.5, 0.6) is 0 Å². The standard InChI is InChI=1S/C28H29N7O2/c1-18-10-21-11-20(4-7-24(21)33-25(18)29)27(36)35(19(2)26-30-8-3-9-31-26)13-22-5-6-23(12-32-22)34-14-28(15-34)16-37-17-28/h3-12,19H,13-17H2,1-2H3,(H2,29,33)/t19-/m0/s1. The lowest BCUT2D eigenvalue weighted by Gasteiger charge is -2.55. The highest BCUT2D eigenvalue weighted by Gasteiger charge is 2.49. The molecule has 0 unspecified atom stereocenters. The minimum atomic E-state index is -0.356. The first-order valence-corrected chi connectivity index (χ1v) is 12.4. The number of amides is 1. The second-order valence-corrected chi connectivity index (χ2v) is 10.2. The van der Waals surface area contributed by atoms with E-state index in [9.17, 15) is 4.79 Å². The molecular weight excluding hydrogens is 466 g/mol. The highest BCUT2D eigenvalue weighted by molar-refractivity contribution is 5.98. The van der Waals surface area contributed by atoms with Crippen molar-refractivity contribution in [2.24, 2.45) is 5.41 Å². The summed E-state index contributed by atoms with van der Waals surface area (Å²) in [6.07, 6.45) is 5.27. The molecule has 9 heteroatoms. The Morgan fingerprint density at radius 2 is 1.92 bits per heavy atom.